The molecular weight excluding hydrogens is 390 g/mol. The van der Waals surface area contributed by atoms with Crippen LogP contribution in [-0.2, 0) is 27.4 Å². The first-order valence-corrected chi connectivity index (χ1v) is 9.65. The van der Waals surface area contributed by atoms with E-state index in [-0.39, 0.29) is 13.2 Å². The number of hydrogen-bond acceptors (Lipinski definition) is 9. The number of nitrogens with zero attached hydrogens (tertiary/aromatic N) is 4. The minimum absolute atomic E-state index is 0.163. The fraction of sp³-hybridized carbons (Fsp3) is 0.450. The molecule has 10 nitrogen and oxygen atoms in total. The lowest BCUT2D eigenvalue weighted by molar-refractivity contribution is -0.0580. The van der Waals surface area contributed by atoms with Crippen molar-refractivity contribution in [3.05, 3.63) is 48.0 Å². The van der Waals surface area contributed by atoms with Gasteiger partial charge in [0.1, 0.15) is 24.9 Å². The van der Waals surface area contributed by atoms with Crippen LogP contribution in [0.5, 0.6) is 0 Å². The third-order valence-electron chi connectivity index (χ3n) is 4.99. The smallest absolute Gasteiger partial charge is 0.168 e. The standard InChI is InChI=1S/C20H25N5O5/c1-21-18-15-19(24-14(23-18)10-29-8-12-6-4-3-5-7-12)25(11-22-15)20-17(27)16(26)13(30-20)9-28-2/h3-7,11,13,16-17,20,26-27H,8-10H2,1-2H3,(H,21,23,24)/t13-,16-,17-,20-/m1/s1. The van der Waals surface area contributed by atoms with Crippen LogP contribution in [0, 0.1) is 0 Å². The van der Waals surface area contributed by atoms with Crippen molar-refractivity contribution in [2.45, 2.75) is 37.8 Å². The molecule has 0 saturated carbocycles. The molecule has 3 aromatic rings. The first kappa shape index (κ1) is 20.6. The number of rotatable bonds is 8. The Morgan fingerprint density at radius 1 is 1.13 bits per heavy atom. The van der Waals surface area contributed by atoms with Gasteiger partial charge < -0.3 is 29.7 Å². The van der Waals surface area contributed by atoms with Gasteiger partial charge in [-0.15, -0.1) is 0 Å². The van der Waals surface area contributed by atoms with Crippen molar-refractivity contribution in [2.75, 3.05) is 26.1 Å². The summed E-state index contributed by atoms with van der Waals surface area (Å²) in [6, 6.07) is 9.83. The number of benzene rings is 1. The maximum absolute atomic E-state index is 10.5. The van der Waals surface area contributed by atoms with E-state index in [1.54, 1.807) is 11.6 Å². The van der Waals surface area contributed by atoms with Gasteiger partial charge >= 0.3 is 0 Å². The van der Waals surface area contributed by atoms with Gasteiger partial charge in [0, 0.05) is 14.2 Å². The van der Waals surface area contributed by atoms with Gasteiger partial charge in [-0.05, 0) is 5.56 Å². The lowest BCUT2D eigenvalue weighted by atomic mass is 10.1. The highest BCUT2D eigenvalue weighted by atomic mass is 16.6. The van der Waals surface area contributed by atoms with Crippen LogP contribution in [0.2, 0.25) is 0 Å². The van der Waals surface area contributed by atoms with E-state index in [1.807, 2.05) is 30.3 Å². The van der Waals surface area contributed by atoms with Crippen LogP contribution >= 0.6 is 0 Å². The van der Waals surface area contributed by atoms with Gasteiger partial charge in [0.05, 0.1) is 19.5 Å². The Labute approximate surface area is 173 Å². The molecule has 2 aromatic heterocycles. The van der Waals surface area contributed by atoms with E-state index in [0.717, 1.165) is 5.56 Å². The maximum Gasteiger partial charge on any atom is 0.168 e. The van der Waals surface area contributed by atoms with Gasteiger partial charge in [0.15, 0.2) is 29.0 Å². The summed E-state index contributed by atoms with van der Waals surface area (Å²) in [6.45, 7) is 0.802. The molecule has 4 atom stereocenters. The Bertz CT molecular complexity index is 982. The second-order valence-electron chi connectivity index (χ2n) is 7.04. The Morgan fingerprint density at radius 2 is 1.93 bits per heavy atom. The summed E-state index contributed by atoms with van der Waals surface area (Å²) in [7, 11) is 3.26. The van der Waals surface area contributed by atoms with Crippen molar-refractivity contribution in [3.8, 4) is 0 Å². The molecule has 3 N–H and O–H groups in total. The van der Waals surface area contributed by atoms with E-state index < -0.39 is 24.5 Å². The summed E-state index contributed by atoms with van der Waals surface area (Å²) in [5.41, 5.74) is 2.06. The van der Waals surface area contributed by atoms with Gasteiger partial charge in [-0.25, -0.2) is 15.0 Å². The molecule has 0 radical (unpaired) electrons. The fourth-order valence-corrected chi connectivity index (χ4v) is 3.48. The highest BCUT2D eigenvalue weighted by molar-refractivity contribution is 5.83. The number of fused-ring (bicyclic) bond motifs is 1. The SMILES string of the molecule is CNc1nc(COCc2ccccc2)nc2c1ncn2[C@@H]1O[C@H](COC)[C@@H](O)[C@H]1O. The zero-order valence-electron chi connectivity index (χ0n) is 16.8. The number of hydrogen-bond donors (Lipinski definition) is 3. The molecular formula is C20H25N5O5. The highest BCUT2D eigenvalue weighted by Crippen LogP contribution is 2.32. The van der Waals surface area contributed by atoms with Crippen LogP contribution in [0.25, 0.3) is 11.2 Å². The molecule has 10 heteroatoms. The molecule has 1 aromatic carbocycles. The molecule has 1 aliphatic heterocycles. The quantitative estimate of drug-likeness (QED) is 0.491. The third kappa shape index (κ3) is 4.00. The van der Waals surface area contributed by atoms with E-state index >= 15 is 0 Å². The topological polar surface area (TPSA) is 124 Å². The fourth-order valence-electron chi connectivity index (χ4n) is 3.48. The van der Waals surface area contributed by atoms with Crippen LogP contribution in [0.4, 0.5) is 5.82 Å². The number of methoxy groups -OCH3 is 1. The van der Waals surface area contributed by atoms with E-state index in [4.69, 9.17) is 14.2 Å². The zero-order chi connectivity index (χ0) is 21.1. The van der Waals surface area contributed by atoms with Crippen LogP contribution in [0.1, 0.15) is 17.6 Å². The Balaban J connectivity index is 1.58. The van der Waals surface area contributed by atoms with Gasteiger partial charge in [0.25, 0.3) is 0 Å². The van der Waals surface area contributed by atoms with Gasteiger partial charge in [0.2, 0.25) is 0 Å². The summed E-state index contributed by atoms with van der Waals surface area (Å²) < 4.78 is 18.2. The molecule has 1 aliphatic rings. The van der Waals surface area contributed by atoms with Gasteiger partial charge in [-0.2, -0.15) is 0 Å². The Hall–Kier alpha value is -2.63. The van der Waals surface area contributed by atoms with E-state index in [1.165, 1.54) is 13.4 Å². The number of ether oxygens (including phenoxy) is 3. The van der Waals surface area contributed by atoms with E-state index in [2.05, 4.69) is 20.3 Å². The predicted octanol–water partition coefficient (Wildman–Crippen LogP) is 0.850. The van der Waals surface area contributed by atoms with Crippen molar-refractivity contribution in [1.82, 2.24) is 19.5 Å². The third-order valence-corrected chi connectivity index (χ3v) is 4.99. The zero-order valence-corrected chi connectivity index (χ0v) is 16.8. The number of nitrogens with one attached hydrogen (secondary N) is 1. The summed E-state index contributed by atoms with van der Waals surface area (Å²) in [5.74, 6) is 1.00. The summed E-state index contributed by atoms with van der Waals surface area (Å²) in [5, 5.41) is 23.8. The molecule has 4 rings (SSSR count). The normalized spacial score (nSPS) is 23.9. The maximum atomic E-state index is 10.5. The molecule has 0 amide bonds. The molecule has 3 heterocycles. The first-order valence-electron chi connectivity index (χ1n) is 9.65. The van der Waals surface area contributed by atoms with Crippen molar-refractivity contribution in [2.24, 2.45) is 0 Å². The van der Waals surface area contributed by atoms with Crippen LogP contribution < -0.4 is 5.32 Å². The second-order valence-corrected chi connectivity index (χ2v) is 7.04. The number of anilines is 1. The molecule has 0 bridgehead atoms. The first-order chi connectivity index (χ1) is 14.6. The lowest BCUT2D eigenvalue weighted by Crippen LogP contribution is -2.33. The van der Waals surface area contributed by atoms with E-state index in [9.17, 15) is 10.2 Å². The molecule has 0 spiro atoms. The molecule has 1 fully saturated rings. The number of aromatic nitrogens is 4. The van der Waals surface area contributed by atoms with Crippen molar-refractivity contribution >= 4 is 17.0 Å². The summed E-state index contributed by atoms with van der Waals surface area (Å²) >= 11 is 0. The van der Waals surface area contributed by atoms with Crippen LogP contribution in [0.15, 0.2) is 36.7 Å². The van der Waals surface area contributed by atoms with Gasteiger partial charge in [-0.1, -0.05) is 30.3 Å². The predicted molar refractivity (Wildman–Crippen MR) is 108 cm³/mol. The average Bonchev–Trinajstić information content (AvgIpc) is 3.30. The number of aliphatic hydroxyl groups is 2. The van der Waals surface area contributed by atoms with E-state index in [0.29, 0.717) is 29.4 Å². The molecule has 160 valence electrons. The average molecular weight is 415 g/mol. The molecule has 0 aliphatic carbocycles. The minimum atomic E-state index is -1.15. The summed E-state index contributed by atoms with van der Waals surface area (Å²) in [4.78, 5) is 13.4. The second kappa shape index (κ2) is 9.02. The Morgan fingerprint density at radius 3 is 2.67 bits per heavy atom. The number of imidazole rings is 1. The van der Waals surface area contributed by atoms with Crippen LogP contribution in [0.3, 0.4) is 0 Å². The van der Waals surface area contributed by atoms with Crippen molar-refractivity contribution < 1.29 is 24.4 Å². The van der Waals surface area contributed by atoms with Crippen molar-refractivity contribution in [1.29, 1.82) is 0 Å². The molecule has 30 heavy (non-hydrogen) atoms. The Kier molecular flexibility index (Phi) is 6.21. The number of aliphatic hydroxyl groups excluding tert-OH is 2. The van der Waals surface area contributed by atoms with Crippen molar-refractivity contribution in [3.63, 3.8) is 0 Å². The van der Waals surface area contributed by atoms with Crippen LogP contribution in [-0.4, -0.2) is 68.8 Å². The van der Waals surface area contributed by atoms with Gasteiger partial charge in [-0.3, -0.25) is 4.57 Å². The summed E-state index contributed by atoms with van der Waals surface area (Å²) in [6.07, 6.45) is -2.19. The highest BCUT2D eigenvalue weighted by Gasteiger charge is 2.44. The monoisotopic (exact) mass is 415 g/mol. The molecule has 0 unspecified atom stereocenters. The lowest BCUT2D eigenvalue weighted by Gasteiger charge is -2.17. The largest absolute Gasteiger partial charge is 0.387 e. The minimum Gasteiger partial charge on any atom is -0.387 e. The molecule has 1 saturated heterocycles.